The van der Waals surface area contributed by atoms with Gasteiger partial charge in [-0.3, -0.25) is 4.79 Å². The predicted octanol–water partition coefficient (Wildman–Crippen LogP) is 2.56. The number of benzene rings is 1. The minimum atomic E-state index is -1.03. The number of carboxylic acids is 1. The molecule has 2 N–H and O–H groups in total. The summed E-state index contributed by atoms with van der Waals surface area (Å²) < 4.78 is 0. The van der Waals surface area contributed by atoms with Crippen molar-refractivity contribution in [3.8, 4) is 0 Å². The third-order valence-corrected chi connectivity index (χ3v) is 4.22. The van der Waals surface area contributed by atoms with Gasteiger partial charge in [0.15, 0.2) is 0 Å². The Morgan fingerprint density at radius 2 is 2.19 bits per heavy atom. The second kappa shape index (κ2) is 6.12. The third-order valence-electron chi connectivity index (χ3n) is 4.22. The number of rotatable bonds is 6. The van der Waals surface area contributed by atoms with E-state index in [0.717, 1.165) is 30.4 Å². The Hall–Kier alpha value is -2.10. The molecular weight excluding hydrogens is 266 g/mol. The molecule has 1 aromatic rings. The highest BCUT2D eigenvalue weighted by molar-refractivity contribution is 5.92. The van der Waals surface area contributed by atoms with Gasteiger partial charge >= 0.3 is 5.97 Å². The molecule has 1 aliphatic carbocycles. The number of carboxylic acid groups (broad SMARTS) is 1. The summed E-state index contributed by atoms with van der Waals surface area (Å²) in [6.07, 6.45) is 4.26. The number of carbonyl (C=O) groups excluding carboxylic acids is 1. The van der Waals surface area contributed by atoms with Crippen molar-refractivity contribution in [2.45, 2.75) is 44.1 Å². The van der Waals surface area contributed by atoms with Crippen LogP contribution in [0, 0.1) is 6.92 Å². The van der Waals surface area contributed by atoms with Crippen molar-refractivity contribution >= 4 is 11.9 Å². The van der Waals surface area contributed by atoms with E-state index < -0.39 is 17.4 Å². The van der Waals surface area contributed by atoms with Gasteiger partial charge < -0.3 is 10.4 Å². The lowest BCUT2D eigenvalue weighted by molar-refractivity contribution is -0.143. The second-order valence-corrected chi connectivity index (χ2v) is 5.69. The van der Waals surface area contributed by atoms with Crippen LogP contribution in [0.3, 0.4) is 0 Å². The second-order valence-electron chi connectivity index (χ2n) is 5.69. The highest BCUT2D eigenvalue weighted by Gasteiger charge is 2.46. The lowest BCUT2D eigenvalue weighted by Crippen LogP contribution is -2.53. The van der Waals surface area contributed by atoms with Gasteiger partial charge in [-0.1, -0.05) is 42.3 Å². The van der Waals surface area contributed by atoms with Crippen LogP contribution in [-0.4, -0.2) is 23.0 Å². The zero-order valence-corrected chi connectivity index (χ0v) is 12.3. The van der Waals surface area contributed by atoms with Gasteiger partial charge in [0.1, 0.15) is 6.04 Å². The first kappa shape index (κ1) is 15.3. The van der Waals surface area contributed by atoms with E-state index in [4.69, 9.17) is 5.11 Å². The molecule has 0 heterocycles. The summed E-state index contributed by atoms with van der Waals surface area (Å²) in [5.41, 5.74) is 1.52. The zero-order chi connectivity index (χ0) is 15.5. The number of nitrogens with one attached hydrogen (secondary N) is 1. The van der Waals surface area contributed by atoms with Crippen LogP contribution in [0.2, 0.25) is 0 Å². The molecule has 4 heteroatoms. The van der Waals surface area contributed by atoms with E-state index in [0.29, 0.717) is 0 Å². The summed E-state index contributed by atoms with van der Waals surface area (Å²) in [6.45, 7) is 5.53. The molecule has 0 aliphatic heterocycles. The maximum absolute atomic E-state index is 12.6. The van der Waals surface area contributed by atoms with E-state index in [2.05, 4.69) is 11.9 Å². The molecule has 1 saturated carbocycles. The monoisotopic (exact) mass is 287 g/mol. The average molecular weight is 287 g/mol. The van der Waals surface area contributed by atoms with E-state index in [9.17, 15) is 9.59 Å². The first-order valence-corrected chi connectivity index (χ1v) is 7.21. The van der Waals surface area contributed by atoms with Gasteiger partial charge in [0, 0.05) is 0 Å². The Morgan fingerprint density at radius 1 is 1.48 bits per heavy atom. The van der Waals surface area contributed by atoms with Crippen LogP contribution < -0.4 is 5.32 Å². The Labute approximate surface area is 124 Å². The Balaban J connectivity index is 2.22. The van der Waals surface area contributed by atoms with E-state index in [1.54, 1.807) is 0 Å². The lowest BCUT2D eigenvalue weighted by atomic mass is 9.63. The number of hydrogen-bond acceptors (Lipinski definition) is 2. The molecule has 0 spiro atoms. The molecular formula is C17H21NO3. The van der Waals surface area contributed by atoms with Crippen molar-refractivity contribution in [1.29, 1.82) is 0 Å². The van der Waals surface area contributed by atoms with Crippen molar-refractivity contribution in [1.82, 2.24) is 5.32 Å². The molecule has 2 rings (SSSR count). The molecule has 1 atom stereocenters. The molecule has 1 amide bonds. The third kappa shape index (κ3) is 2.99. The summed E-state index contributed by atoms with van der Waals surface area (Å²) in [5, 5.41) is 11.8. The van der Waals surface area contributed by atoms with Crippen LogP contribution >= 0.6 is 0 Å². The Bertz CT molecular complexity index is 561. The molecule has 4 nitrogen and oxygen atoms in total. The van der Waals surface area contributed by atoms with Crippen LogP contribution in [0.25, 0.3) is 0 Å². The van der Waals surface area contributed by atoms with Gasteiger partial charge in [0.25, 0.3) is 0 Å². The van der Waals surface area contributed by atoms with Crippen LogP contribution in [0.4, 0.5) is 0 Å². The summed E-state index contributed by atoms with van der Waals surface area (Å²) in [5.74, 6) is -1.21. The van der Waals surface area contributed by atoms with Gasteiger partial charge in [0.05, 0.1) is 5.41 Å². The summed E-state index contributed by atoms with van der Waals surface area (Å²) in [7, 11) is 0. The SMILES string of the molecule is C=CCC(NC(=O)C1(c2cccc(C)c2)CCC1)C(=O)O. The first-order valence-electron chi connectivity index (χ1n) is 7.21. The number of aliphatic carboxylic acids is 1. The molecule has 21 heavy (non-hydrogen) atoms. The van der Waals surface area contributed by atoms with Gasteiger partial charge in [0.2, 0.25) is 5.91 Å². The molecule has 1 unspecified atom stereocenters. The zero-order valence-electron chi connectivity index (χ0n) is 12.3. The quantitative estimate of drug-likeness (QED) is 0.790. The number of aryl methyl sites for hydroxylation is 1. The van der Waals surface area contributed by atoms with Gasteiger partial charge in [-0.25, -0.2) is 4.79 Å². The van der Waals surface area contributed by atoms with E-state index in [-0.39, 0.29) is 12.3 Å². The number of hydrogen-bond donors (Lipinski definition) is 2. The summed E-state index contributed by atoms with van der Waals surface area (Å²) >= 11 is 0. The molecule has 1 aromatic carbocycles. The van der Waals surface area contributed by atoms with Crippen LogP contribution in [0.15, 0.2) is 36.9 Å². The van der Waals surface area contributed by atoms with Gasteiger partial charge in [-0.15, -0.1) is 6.58 Å². The fourth-order valence-corrected chi connectivity index (χ4v) is 2.80. The fraction of sp³-hybridized carbons (Fsp3) is 0.412. The molecule has 0 radical (unpaired) electrons. The first-order chi connectivity index (χ1) is 9.99. The largest absolute Gasteiger partial charge is 0.480 e. The minimum absolute atomic E-state index is 0.186. The van der Waals surface area contributed by atoms with Crippen molar-refractivity contribution in [3.05, 3.63) is 48.0 Å². The van der Waals surface area contributed by atoms with Crippen LogP contribution in [0.5, 0.6) is 0 Å². The van der Waals surface area contributed by atoms with Crippen molar-refractivity contribution in [3.63, 3.8) is 0 Å². The molecule has 0 saturated heterocycles. The standard InChI is InChI=1S/C17H21NO3/c1-3-6-14(15(19)20)18-16(21)17(9-5-10-17)13-8-4-7-12(2)11-13/h3-4,7-8,11,14H,1,5-6,9-10H2,2H3,(H,18,21)(H,19,20). The molecule has 112 valence electrons. The number of amides is 1. The Kier molecular flexibility index (Phi) is 4.46. The van der Waals surface area contributed by atoms with Crippen molar-refractivity contribution in [2.75, 3.05) is 0 Å². The predicted molar refractivity (Wildman–Crippen MR) is 81.1 cm³/mol. The molecule has 0 bridgehead atoms. The van der Waals surface area contributed by atoms with Crippen LogP contribution in [0.1, 0.15) is 36.8 Å². The van der Waals surface area contributed by atoms with Crippen molar-refractivity contribution in [2.24, 2.45) is 0 Å². The average Bonchev–Trinajstić information content (AvgIpc) is 2.37. The molecule has 1 aliphatic rings. The number of carbonyl (C=O) groups is 2. The highest BCUT2D eigenvalue weighted by atomic mass is 16.4. The van der Waals surface area contributed by atoms with E-state index >= 15 is 0 Å². The smallest absolute Gasteiger partial charge is 0.326 e. The normalized spacial score (nSPS) is 17.4. The highest BCUT2D eigenvalue weighted by Crippen LogP contribution is 2.44. The topological polar surface area (TPSA) is 66.4 Å². The lowest BCUT2D eigenvalue weighted by Gasteiger charge is -2.41. The maximum atomic E-state index is 12.6. The Morgan fingerprint density at radius 3 is 2.67 bits per heavy atom. The van der Waals surface area contributed by atoms with Crippen molar-refractivity contribution < 1.29 is 14.7 Å². The fourth-order valence-electron chi connectivity index (χ4n) is 2.80. The maximum Gasteiger partial charge on any atom is 0.326 e. The van der Waals surface area contributed by atoms with Gasteiger partial charge in [-0.05, 0) is 31.7 Å². The summed E-state index contributed by atoms with van der Waals surface area (Å²) in [4.78, 5) is 23.8. The molecule has 1 fully saturated rings. The molecule has 0 aromatic heterocycles. The van der Waals surface area contributed by atoms with Crippen LogP contribution in [-0.2, 0) is 15.0 Å². The summed E-state index contributed by atoms with van der Waals surface area (Å²) in [6, 6.07) is 7.00. The van der Waals surface area contributed by atoms with E-state index in [1.807, 2.05) is 31.2 Å². The minimum Gasteiger partial charge on any atom is -0.480 e. The van der Waals surface area contributed by atoms with Gasteiger partial charge in [-0.2, -0.15) is 0 Å². The van der Waals surface area contributed by atoms with E-state index in [1.165, 1.54) is 6.08 Å².